The van der Waals surface area contributed by atoms with E-state index in [1.807, 2.05) is 0 Å². The minimum absolute atomic E-state index is 0.189. The molecule has 6 heteroatoms. The van der Waals surface area contributed by atoms with Gasteiger partial charge in [0.2, 0.25) is 0 Å². The molecule has 0 radical (unpaired) electrons. The van der Waals surface area contributed by atoms with Crippen molar-refractivity contribution in [2.24, 2.45) is 0 Å². The number of carbonyl (C=O) groups excluding carboxylic acids is 2. The Hall–Kier alpha value is -3.20. The molecule has 0 N–H and O–H groups in total. The Morgan fingerprint density at radius 2 is 2.00 bits per heavy atom. The lowest BCUT2D eigenvalue weighted by atomic mass is 10.1. The summed E-state index contributed by atoms with van der Waals surface area (Å²) < 4.78 is 18.1. The lowest BCUT2D eigenvalue weighted by Gasteiger charge is -2.20. The Kier molecular flexibility index (Phi) is 4.00. The van der Waals surface area contributed by atoms with Crippen molar-refractivity contribution in [3.63, 3.8) is 0 Å². The Morgan fingerprint density at radius 3 is 2.62 bits per heavy atom. The van der Waals surface area contributed by atoms with Gasteiger partial charge in [-0.15, -0.1) is 0 Å². The fraction of sp³-hybridized carbons (Fsp3) is 0.167. The zero-order chi connectivity index (χ0) is 17.3. The summed E-state index contributed by atoms with van der Waals surface area (Å²) in [6.07, 6.45) is 0. The molecular formula is C18H13FN2O3. The van der Waals surface area contributed by atoms with Gasteiger partial charge < -0.3 is 9.64 Å². The number of hydrogen-bond donors (Lipinski definition) is 0. The molecule has 0 aromatic heterocycles. The van der Waals surface area contributed by atoms with E-state index in [1.54, 1.807) is 24.3 Å². The predicted octanol–water partition coefficient (Wildman–Crippen LogP) is 2.83. The molecule has 24 heavy (non-hydrogen) atoms. The smallest absolute Gasteiger partial charge is 0.337 e. The highest BCUT2D eigenvalue weighted by molar-refractivity contribution is 5.99. The van der Waals surface area contributed by atoms with Gasteiger partial charge >= 0.3 is 5.97 Å². The van der Waals surface area contributed by atoms with Gasteiger partial charge in [-0.3, -0.25) is 4.79 Å². The normalized spacial score (nSPS) is 15.8. The maximum atomic E-state index is 13.4. The highest BCUT2D eigenvalue weighted by Gasteiger charge is 2.37. The largest absolute Gasteiger partial charge is 0.465 e. The van der Waals surface area contributed by atoms with Gasteiger partial charge in [-0.2, -0.15) is 5.26 Å². The Bertz CT molecular complexity index is 856. The number of nitriles is 1. The maximum absolute atomic E-state index is 13.4. The molecule has 0 fully saturated rings. The summed E-state index contributed by atoms with van der Waals surface area (Å²) in [5.74, 6) is -1.24. The van der Waals surface area contributed by atoms with Gasteiger partial charge in [0.15, 0.2) is 0 Å². The first kappa shape index (κ1) is 15.7. The van der Waals surface area contributed by atoms with Crippen LogP contribution < -0.4 is 0 Å². The third-order valence-corrected chi connectivity index (χ3v) is 3.96. The van der Waals surface area contributed by atoms with Crippen LogP contribution in [-0.2, 0) is 11.3 Å². The van der Waals surface area contributed by atoms with Crippen LogP contribution in [0.25, 0.3) is 0 Å². The van der Waals surface area contributed by atoms with Gasteiger partial charge in [0, 0.05) is 17.7 Å². The van der Waals surface area contributed by atoms with E-state index in [0.717, 1.165) is 5.56 Å². The third kappa shape index (κ3) is 2.61. The number of rotatable bonds is 3. The van der Waals surface area contributed by atoms with E-state index in [-0.39, 0.29) is 12.5 Å². The topological polar surface area (TPSA) is 70.4 Å². The molecule has 1 atom stereocenters. The van der Waals surface area contributed by atoms with Crippen molar-refractivity contribution in [3.05, 3.63) is 70.5 Å². The SMILES string of the molecule is COC(=O)c1ccc(CN2C(=O)c3ccc(F)cc3C2C#N)cc1. The molecule has 0 saturated heterocycles. The van der Waals surface area contributed by atoms with Crippen LogP contribution in [0, 0.1) is 17.1 Å². The second kappa shape index (κ2) is 6.13. The van der Waals surface area contributed by atoms with Crippen LogP contribution in [0.15, 0.2) is 42.5 Å². The monoisotopic (exact) mass is 324 g/mol. The van der Waals surface area contributed by atoms with Crippen molar-refractivity contribution < 1.29 is 18.7 Å². The fourth-order valence-electron chi connectivity index (χ4n) is 2.76. The van der Waals surface area contributed by atoms with Crippen molar-refractivity contribution in [2.75, 3.05) is 7.11 Å². The zero-order valence-corrected chi connectivity index (χ0v) is 12.8. The quantitative estimate of drug-likeness (QED) is 0.814. The van der Waals surface area contributed by atoms with Crippen molar-refractivity contribution in [1.29, 1.82) is 5.26 Å². The molecular weight excluding hydrogens is 311 g/mol. The van der Waals surface area contributed by atoms with Crippen LogP contribution in [0.4, 0.5) is 4.39 Å². The third-order valence-electron chi connectivity index (χ3n) is 3.96. The summed E-state index contributed by atoms with van der Waals surface area (Å²) in [7, 11) is 1.30. The van der Waals surface area contributed by atoms with E-state index in [2.05, 4.69) is 10.8 Å². The van der Waals surface area contributed by atoms with Gasteiger partial charge in [0.25, 0.3) is 5.91 Å². The van der Waals surface area contributed by atoms with E-state index < -0.39 is 17.8 Å². The number of halogens is 1. The van der Waals surface area contributed by atoms with Gasteiger partial charge in [0.1, 0.15) is 11.9 Å². The molecule has 5 nitrogen and oxygen atoms in total. The number of hydrogen-bond acceptors (Lipinski definition) is 4. The molecule has 0 aliphatic carbocycles. The standard InChI is InChI=1S/C18H13FN2O3/c1-24-18(23)12-4-2-11(3-5-12)10-21-16(9-20)15-8-13(19)6-7-14(15)17(21)22/h2-8,16H,10H2,1H3. The molecule has 1 amide bonds. The molecule has 1 unspecified atom stereocenters. The Balaban J connectivity index is 1.87. The van der Waals surface area contributed by atoms with E-state index in [4.69, 9.17) is 0 Å². The van der Waals surface area contributed by atoms with Crippen LogP contribution in [0.3, 0.4) is 0 Å². The first-order valence-electron chi connectivity index (χ1n) is 7.22. The molecule has 1 aliphatic heterocycles. The maximum Gasteiger partial charge on any atom is 0.337 e. The lowest BCUT2D eigenvalue weighted by molar-refractivity contribution is 0.0600. The van der Waals surface area contributed by atoms with E-state index in [1.165, 1.54) is 30.2 Å². The van der Waals surface area contributed by atoms with Crippen molar-refractivity contribution in [1.82, 2.24) is 4.90 Å². The van der Waals surface area contributed by atoms with Crippen molar-refractivity contribution in [2.45, 2.75) is 12.6 Å². The number of nitrogens with zero attached hydrogens (tertiary/aromatic N) is 2. The number of esters is 1. The molecule has 0 bridgehead atoms. The first-order valence-corrected chi connectivity index (χ1v) is 7.22. The summed E-state index contributed by atoms with van der Waals surface area (Å²) in [4.78, 5) is 25.3. The molecule has 2 aromatic carbocycles. The molecule has 0 spiro atoms. The van der Waals surface area contributed by atoms with Crippen LogP contribution in [-0.4, -0.2) is 23.9 Å². The van der Waals surface area contributed by atoms with E-state index in [9.17, 15) is 19.2 Å². The van der Waals surface area contributed by atoms with Gasteiger partial charge in [-0.05, 0) is 35.9 Å². The summed E-state index contributed by atoms with van der Waals surface area (Å²) in [6, 6.07) is 11.6. The summed E-state index contributed by atoms with van der Waals surface area (Å²) in [6.45, 7) is 0.189. The van der Waals surface area contributed by atoms with Gasteiger partial charge in [0.05, 0.1) is 18.7 Å². The molecule has 0 saturated carbocycles. The predicted molar refractivity (Wildman–Crippen MR) is 82.4 cm³/mol. The van der Waals surface area contributed by atoms with Crippen LogP contribution in [0.5, 0.6) is 0 Å². The molecule has 1 aliphatic rings. The van der Waals surface area contributed by atoms with Gasteiger partial charge in [-0.1, -0.05) is 12.1 Å². The minimum atomic E-state index is -0.830. The van der Waals surface area contributed by atoms with Crippen molar-refractivity contribution >= 4 is 11.9 Å². The molecule has 2 aromatic rings. The first-order chi connectivity index (χ1) is 11.5. The second-order valence-electron chi connectivity index (χ2n) is 5.38. The fourth-order valence-corrected chi connectivity index (χ4v) is 2.76. The summed E-state index contributed by atoms with van der Waals surface area (Å²) in [5.41, 5.74) is 1.88. The average Bonchev–Trinajstić information content (AvgIpc) is 2.85. The van der Waals surface area contributed by atoms with Gasteiger partial charge in [-0.25, -0.2) is 9.18 Å². The number of ether oxygens (including phenoxy) is 1. The lowest BCUT2D eigenvalue weighted by Crippen LogP contribution is -2.26. The highest BCUT2D eigenvalue weighted by Crippen LogP contribution is 2.34. The molecule has 1 heterocycles. The summed E-state index contributed by atoms with van der Waals surface area (Å²) in [5, 5.41) is 9.39. The van der Waals surface area contributed by atoms with E-state index >= 15 is 0 Å². The number of carbonyl (C=O) groups is 2. The van der Waals surface area contributed by atoms with Crippen molar-refractivity contribution in [3.8, 4) is 6.07 Å². The zero-order valence-electron chi connectivity index (χ0n) is 12.8. The van der Waals surface area contributed by atoms with Crippen LogP contribution in [0.1, 0.15) is 37.9 Å². The number of benzene rings is 2. The second-order valence-corrected chi connectivity index (χ2v) is 5.38. The number of methoxy groups -OCH3 is 1. The number of fused-ring (bicyclic) bond motifs is 1. The number of amides is 1. The minimum Gasteiger partial charge on any atom is -0.465 e. The van der Waals surface area contributed by atoms with Crippen LogP contribution >= 0.6 is 0 Å². The molecule has 3 rings (SSSR count). The highest BCUT2D eigenvalue weighted by atomic mass is 19.1. The summed E-state index contributed by atoms with van der Waals surface area (Å²) >= 11 is 0. The Labute approximate surface area is 137 Å². The molecule has 120 valence electrons. The Morgan fingerprint density at radius 1 is 1.29 bits per heavy atom. The van der Waals surface area contributed by atoms with E-state index in [0.29, 0.717) is 16.7 Å². The average molecular weight is 324 g/mol. The van der Waals surface area contributed by atoms with Crippen LogP contribution in [0.2, 0.25) is 0 Å².